The zero-order valence-electron chi connectivity index (χ0n) is 10.9. The van der Waals surface area contributed by atoms with Crippen molar-refractivity contribution in [2.24, 2.45) is 0 Å². The molecule has 15 heavy (non-hydrogen) atoms. The van der Waals surface area contributed by atoms with Crippen molar-refractivity contribution in [1.82, 2.24) is 0 Å². The van der Waals surface area contributed by atoms with E-state index in [1.165, 1.54) is 17.5 Å². The maximum atomic E-state index is 3.34. The Hall–Kier alpha value is 0.415. The summed E-state index contributed by atoms with van der Waals surface area (Å²) in [4.78, 5) is 0. The second-order valence-electron chi connectivity index (χ2n) is 5.33. The van der Waals surface area contributed by atoms with Gasteiger partial charge in [0, 0.05) is 0 Å². The van der Waals surface area contributed by atoms with E-state index in [1.54, 1.807) is 0 Å². The summed E-state index contributed by atoms with van der Waals surface area (Å²) in [6.07, 6.45) is 1.21. The number of fused-ring (bicyclic) bond motifs is 1. The van der Waals surface area contributed by atoms with E-state index in [0.717, 1.165) is 0 Å². The van der Waals surface area contributed by atoms with Gasteiger partial charge in [0.2, 0.25) is 0 Å². The molecule has 0 heterocycles. The fraction of sp³-hybridized carbons (Fsp3) is 0.538. The second kappa shape index (κ2) is 4.73. The molecular weight excluding hydrogens is 170 g/mol. The Morgan fingerprint density at radius 3 is 2.20 bits per heavy atom. The third-order valence-electron chi connectivity index (χ3n) is 3.09. The van der Waals surface area contributed by atoms with E-state index >= 15 is 0 Å². The van der Waals surface area contributed by atoms with Crippen molar-refractivity contribution >= 4 is 0 Å². The van der Waals surface area contributed by atoms with Gasteiger partial charge in [-0.2, -0.15) is 0 Å². The molecule has 0 amide bonds. The van der Waals surface area contributed by atoms with Crippen molar-refractivity contribution in [3.63, 3.8) is 0 Å². The minimum absolute atomic E-state index is 0. The SMILES string of the molecule is CC1(C)CC(C)(C)c2c[c-]c[c-]c21.[Li+].[Li+]. The van der Waals surface area contributed by atoms with Crippen LogP contribution in [0.15, 0.2) is 12.1 Å². The van der Waals surface area contributed by atoms with Gasteiger partial charge in [0.25, 0.3) is 0 Å². The van der Waals surface area contributed by atoms with Crippen LogP contribution in [0.1, 0.15) is 45.2 Å². The van der Waals surface area contributed by atoms with Gasteiger partial charge in [-0.25, -0.2) is 0 Å². The maximum absolute atomic E-state index is 3.34. The standard InChI is InChI=1S/C13H16.2Li/c1-12(2)9-13(3,4)11-8-6-5-7-10(11)12;;/h5,8H,9H2,1-4H3;;/q-2;2*+1. The first kappa shape index (κ1) is 15.4. The molecule has 0 N–H and O–H groups in total. The van der Waals surface area contributed by atoms with Crippen LogP contribution in [0.5, 0.6) is 0 Å². The molecule has 70 valence electrons. The number of benzene rings is 1. The number of rotatable bonds is 0. The molecule has 1 aromatic carbocycles. The Morgan fingerprint density at radius 2 is 1.67 bits per heavy atom. The van der Waals surface area contributed by atoms with Crippen molar-refractivity contribution in [3.8, 4) is 0 Å². The molecule has 0 saturated carbocycles. The molecule has 0 aliphatic heterocycles. The van der Waals surface area contributed by atoms with Crippen molar-refractivity contribution in [1.29, 1.82) is 0 Å². The molecule has 1 aromatic rings. The van der Waals surface area contributed by atoms with Crippen LogP contribution in [0, 0.1) is 12.1 Å². The van der Waals surface area contributed by atoms with Crippen molar-refractivity contribution in [2.45, 2.75) is 44.9 Å². The summed E-state index contributed by atoms with van der Waals surface area (Å²) in [5, 5.41) is 0. The van der Waals surface area contributed by atoms with Crippen LogP contribution in [-0.4, -0.2) is 0 Å². The van der Waals surface area contributed by atoms with E-state index in [0.29, 0.717) is 5.41 Å². The van der Waals surface area contributed by atoms with Crippen LogP contribution in [-0.2, 0) is 10.8 Å². The summed E-state index contributed by atoms with van der Waals surface area (Å²) in [5.41, 5.74) is 3.40. The van der Waals surface area contributed by atoms with Crippen molar-refractivity contribution in [2.75, 3.05) is 0 Å². The molecule has 2 heteroatoms. The molecule has 0 spiro atoms. The predicted octanol–water partition coefficient (Wildman–Crippen LogP) is -2.75. The van der Waals surface area contributed by atoms with E-state index in [9.17, 15) is 0 Å². The van der Waals surface area contributed by atoms with Gasteiger partial charge >= 0.3 is 37.7 Å². The molecule has 0 unspecified atom stereocenters. The zero-order chi connectivity index (χ0) is 9.69. The van der Waals surface area contributed by atoms with Crippen LogP contribution >= 0.6 is 0 Å². The van der Waals surface area contributed by atoms with Gasteiger partial charge in [0.15, 0.2) is 0 Å². The first-order valence-corrected chi connectivity index (χ1v) is 4.86. The van der Waals surface area contributed by atoms with Crippen LogP contribution in [0.4, 0.5) is 0 Å². The second-order valence-corrected chi connectivity index (χ2v) is 5.33. The summed E-state index contributed by atoms with van der Waals surface area (Å²) in [7, 11) is 0. The van der Waals surface area contributed by atoms with Gasteiger partial charge in [-0.05, 0) is 0 Å². The van der Waals surface area contributed by atoms with E-state index < -0.39 is 0 Å². The van der Waals surface area contributed by atoms with Gasteiger partial charge in [-0.3, -0.25) is 17.2 Å². The number of hydrogen-bond acceptors (Lipinski definition) is 0. The summed E-state index contributed by atoms with van der Waals surface area (Å²) < 4.78 is 0. The van der Waals surface area contributed by atoms with Crippen molar-refractivity contribution < 1.29 is 37.7 Å². The van der Waals surface area contributed by atoms with Crippen LogP contribution in [0.3, 0.4) is 0 Å². The van der Waals surface area contributed by atoms with E-state index in [2.05, 4.69) is 45.9 Å². The Balaban J connectivity index is 0.000000980. The molecule has 0 atom stereocenters. The van der Waals surface area contributed by atoms with Crippen molar-refractivity contribution in [3.05, 3.63) is 35.4 Å². The fourth-order valence-corrected chi connectivity index (χ4v) is 2.77. The fourth-order valence-electron chi connectivity index (χ4n) is 2.77. The molecule has 0 aromatic heterocycles. The maximum Gasteiger partial charge on any atom is 1.00 e. The number of hydrogen-bond donors (Lipinski definition) is 0. The quantitative estimate of drug-likeness (QED) is 0.304. The summed E-state index contributed by atoms with van der Waals surface area (Å²) in [6.45, 7) is 9.22. The molecule has 1 aliphatic rings. The average Bonchev–Trinajstić information content (AvgIpc) is 2.20. The Morgan fingerprint density at radius 1 is 1.07 bits per heavy atom. The van der Waals surface area contributed by atoms with Gasteiger partial charge in [-0.1, -0.05) is 44.9 Å². The minimum atomic E-state index is 0. The molecule has 2 rings (SSSR count). The zero-order valence-corrected chi connectivity index (χ0v) is 10.9. The van der Waals surface area contributed by atoms with Crippen LogP contribution < -0.4 is 37.7 Å². The third kappa shape index (κ3) is 2.57. The predicted molar refractivity (Wildman–Crippen MR) is 54.8 cm³/mol. The average molecular weight is 186 g/mol. The summed E-state index contributed by atoms with van der Waals surface area (Å²) in [5.74, 6) is 0. The normalized spacial score (nSPS) is 19.7. The molecule has 0 saturated heterocycles. The van der Waals surface area contributed by atoms with E-state index in [1.807, 2.05) is 6.07 Å². The minimum Gasteiger partial charge on any atom is -0.359 e. The first-order chi connectivity index (χ1) is 5.93. The Labute approximate surface area is 118 Å². The molecule has 0 nitrogen and oxygen atoms in total. The van der Waals surface area contributed by atoms with Gasteiger partial charge < -0.3 is 18.2 Å². The molecule has 0 radical (unpaired) electrons. The van der Waals surface area contributed by atoms with Gasteiger partial charge in [-0.15, -0.1) is 0 Å². The monoisotopic (exact) mass is 186 g/mol. The summed E-state index contributed by atoms with van der Waals surface area (Å²) >= 11 is 0. The summed E-state index contributed by atoms with van der Waals surface area (Å²) in [6, 6.07) is 10.5. The molecule has 0 fully saturated rings. The van der Waals surface area contributed by atoms with Crippen LogP contribution in [0.2, 0.25) is 0 Å². The largest absolute Gasteiger partial charge is 1.00 e. The van der Waals surface area contributed by atoms with Gasteiger partial charge in [0.05, 0.1) is 0 Å². The molecule has 0 bridgehead atoms. The van der Waals surface area contributed by atoms with E-state index in [-0.39, 0.29) is 43.1 Å². The van der Waals surface area contributed by atoms with E-state index in [4.69, 9.17) is 0 Å². The Kier molecular flexibility index (Phi) is 4.86. The Bertz CT molecular complexity index is 307. The van der Waals surface area contributed by atoms with Gasteiger partial charge in [0.1, 0.15) is 0 Å². The van der Waals surface area contributed by atoms with Crippen LogP contribution in [0.25, 0.3) is 0 Å². The third-order valence-corrected chi connectivity index (χ3v) is 3.09. The topological polar surface area (TPSA) is 0 Å². The first-order valence-electron chi connectivity index (χ1n) is 4.86. The smallest absolute Gasteiger partial charge is 0.359 e. The molecule has 1 aliphatic carbocycles. The molecular formula is C13H16Li2.